The summed E-state index contributed by atoms with van der Waals surface area (Å²) in [6.07, 6.45) is 0. The Bertz CT molecular complexity index is 2820. The molecule has 0 spiro atoms. The van der Waals surface area contributed by atoms with Gasteiger partial charge in [0.2, 0.25) is 0 Å². The molecule has 0 saturated carbocycles. The van der Waals surface area contributed by atoms with Crippen molar-refractivity contribution in [2.75, 3.05) is 4.90 Å². The molecule has 230 valence electrons. The summed E-state index contributed by atoms with van der Waals surface area (Å²) >= 11 is 3.80. The van der Waals surface area contributed by atoms with Gasteiger partial charge in [-0.1, -0.05) is 125 Å². The predicted molar refractivity (Wildman–Crippen MR) is 212 cm³/mol. The van der Waals surface area contributed by atoms with Gasteiger partial charge in [0.1, 0.15) is 0 Å². The van der Waals surface area contributed by atoms with Gasteiger partial charge >= 0.3 is 0 Å². The van der Waals surface area contributed by atoms with Crippen molar-refractivity contribution in [2.24, 2.45) is 0 Å². The highest BCUT2D eigenvalue weighted by Gasteiger charge is 2.18. The third-order valence-corrected chi connectivity index (χ3v) is 10.7. The molecule has 0 fully saturated rings. The first kappa shape index (κ1) is 28.1. The largest absolute Gasteiger partial charge is 0.310 e. The molecule has 2 nitrogen and oxygen atoms in total. The van der Waals surface area contributed by atoms with Crippen LogP contribution < -0.4 is 4.90 Å². The summed E-state index contributed by atoms with van der Waals surface area (Å²) < 4.78 is 3.50. The normalized spacial score (nSPS) is 11.8. The Morgan fingerprint density at radius 3 is 1.80 bits per heavy atom. The second kappa shape index (κ2) is 11.1. The number of nitrogens with zero attached hydrogens (tertiary/aromatic N) is 2. The molecule has 1 heterocycles. The van der Waals surface area contributed by atoms with E-state index in [4.69, 9.17) is 0 Å². The first-order valence-electron chi connectivity index (χ1n) is 16.6. The molecule has 1 aromatic heterocycles. The zero-order chi connectivity index (χ0) is 32.5. The third kappa shape index (κ3) is 4.40. The lowest BCUT2D eigenvalue weighted by Crippen LogP contribution is -2.09. The van der Waals surface area contributed by atoms with Gasteiger partial charge in [0, 0.05) is 38.0 Å². The minimum atomic E-state index is 1.11. The number of halogens is 1. The average molecular weight is 690 g/mol. The van der Waals surface area contributed by atoms with Crippen molar-refractivity contribution in [2.45, 2.75) is 0 Å². The molecular weight excluding hydrogens is 660 g/mol. The van der Waals surface area contributed by atoms with Crippen LogP contribution in [0.15, 0.2) is 180 Å². The predicted octanol–water partition coefficient (Wildman–Crippen LogP) is 13.6. The summed E-state index contributed by atoms with van der Waals surface area (Å²) in [5, 5.41) is 10.2. The molecular formula is C46H29BrN2. The molecule has 0 unspecified atom stereocenters. The van der Waals surface area contributed by atoms with Crippen LogP contribution >= 0.6 is 15.9 Å². The van der Waals surface area contributed by atoms with Gasteiger partial charge in [0.15, 0.2) is 0 Å². The van der Waals surface area contributed by atoms with Crippen molar-refractivity contribution >= 4 is 87.1 Å². The smallest absolute Gasteiger partial charge is 0.0542 e. The van der Waals surface area contributed by atoms with E-state index in [9.17, 15) is 0 Å². The molecule has 10 aromatic rings. The SMILES string of the molecule is Brc1ccc2ccc3c(-c4ccc(N(c5ccccc5)c5ccc6c(c5)c5ccccc5n6-c5ccccc5)cc4)ccc4ccc1c2c43. The van der Waals surface area contributed by atoms with E-state index in [1.54, 1.807) is 0 Å². The summed E-state index contributed by atoms with van der Waals surface area (Å²) in [5.74, 6) is 0. The second-order valence-electron chi connectivity index (χ2n) is 12.7. The Balaban J connectivity index is 1.12. The van der Waals surface area contributed by atoms with E-state index in [1.165, 1.54) is 65.3 Å². The lowest BCUT2D eigenvalue weighted by Gasteiger charge is -2.26. The van der Waals surface area contributed by atoms with Crippen molar-refractivity contribution in [3.8, 4) is 16.8 Å². The molecule has 0 aliphatic heterocycles. The number of rotatable bonds is 5. The second-order valence-corrected chi connectivity index (χ2v) is 13.5. The highest BCUT2D eigenvalue weighted by Crippen LogP contribution is 2.43. The molecule has 0 bridgehead atoms. The van der Waals surface area contributed by atoms with Gasteiger partial charge in [-0.2, -0.15) is 0 Å². The standard InChI is InChI=1S/C46H29BrN2/c47-42-27-20-32-18-25-39-37(24-17-31-19-26-40(42)46(32)45(31)39)30-15-21-35(22-16-30)48(33-9-3-1-4-10-33)36-23-28-44-41(29-36)38-13-7-8-14-43(38)49(44)34-11-5-2-6-12-34/h1-29H. The number of para-hydroxylation sites is 3. The Morgan fingerprint density at radius 1 is 0.408 bits per heavy atom. The molecule has 0 aliphatic rings. The lowest BCUT2D eigenvalue weighted by atomic mass is 9.90. The molecule has 0 saturated heterocycles. The van der Waals surface area contributed by atoms with Crippen molar-refractivity contribution in [1.29, 1.82) is 0 Å². The minimum absolute atomic E-state index is 1.11. The number of aromatic nitrogens is 1. The number of benzene rings is 9. The van der Waals surface area contributed by atoms with Gasteiger partial charge in [-0.15, -0.1) is 0 Å². The van der Waals surface area contributed by atoms with E-state index in [0.29, 0.717) is 0 Å². The monoisotopic (exact) mass is 688 g/mol. The van der Waals surface area contributed by atoms with Crippen LogP contribution in [0.25, 0.3) is 70.9 Å². The Hall–Kier alpha value is -5.90. The van der Waals surface area contributed by atoms with E-state index in [0.717, 1.165) is 27.2 Å². The first-order valence-corrected chi connectivity index (χ1v) is 17.4. The van der Waals surface area contributed by atoms with Crippen LogP contribution in [0.4, 0.5) is 17.1 Å². The van der Waals surface area contributed by atoms with Crippen LogP contribution in [0.5, 0.6) is 0 Å². The number of hydrogen-bond donors (Lipinski definition) is 0. The number of anilines is 3. The molecule has 0 radical (unpaired) electrons. The van der Waals surface area contributed by atoms with E-state index < -0.39 is 0 Å². The number of fused-ring (bicyclic) bond motifs is 3. The van der Waals surface area contributed by atoms with Crippen molar-refractivity contribution in [3.05, 3.63) is 180 Å². The van der Waals surface area contributed by atoms with Crippen LogP contribution in [-0.2, 0) is 0 Å². The maximum absolute atomic E-state index is 3.80. The van der Waals surface area contributed by atoms with Gasteiger partial charge in [-0.25, -0.2) is 0 Å². The van der Waals surface area contributed by atoms with Crippen molar-refractivity contribution in [3.63, 3.8) is 0 Å². The summed E-state index contributed by atoms with van der Waals surface area (Å²) in [7, 11) is 0. The van der Waals surface area contributed by atoms with E-state index in [1.807, 2.05) is 0 Å². The van der Waals surface area contributed by atoms with E-state index >= 15 is 0 Å². The van der Waals surface area contributed by atoms with Gasteiger partial charge in [-0.05, 0) is 110 Å². The fourth-order valence-corrected chi connectivity index (χ4v) is 8.25. The molecule has 3 heteroatoms. The zero-order valence-electron chi connectivity index (χ0n) is 26.5. The molecule has 0 atom stereocenters. The Kier molecular flexibility index (Phi) is 6.37. The van der Waals surface area contributed by atoms with Crippen LogP contribution in [0, 0.1) is 0 Å². The van der Waals surface area contributed by atoms with Crippen LogP contribution in [0.3, 0.4) is 0 Å². The minimum Gasteiger partial charge on any atom is -0.310 e. The highest BCUT2D eigenvalue weighted by molar-refractivity contribution is 9.10. The summed E-state index contributed by atoms with van der Waals surface area (Å²) in [4.78, 5) is 2.36. The average Bonchev–Trinajstić information content (AvgIpc) is 3.49. The third-order valence-electron chi connectivity index (χ3n) is 9.99. The fourth-order valence-electron chi connectivity index (χ4n) is 7.79. The fraction of sp³-hybridized carbons (Fsp3) is 0. The number of hydrogen-bond acceptors (Lipinski definition) is 1. The zero-order valence-corrected chi connectivity index (χ0v) is 28.1. The lowest BCUT2D eigenvalue weighted by molar-refractivity contribution is 1.18. The van der Waals surface area contributed by atoms with E-state index in [2.05, 4.69) is 201 Å². The van der Waals surface area contributed by atoms with Crippen LogP contribution in [-0.4, -0.2) is 4.57 Å². The van der Waals surface area contributed by atoms with E-state index in [-0.39, 0.29) is 0 Å². The van der Waals surface area contributed by atoms with Crippen molar-refractivity contribution in [1.82, 2.24) is 4.57 Å². The Morgan fingerprint density at radius 2 is 1.00 bits per heavy atom. The molecule has 0 aliphatic carbocycles. The maximum Gasteiger partial charge on any atom is 0.0542 e. The molecule has 10 rings (SSSR count). The topological polar surface area (TPSA) is 8.17 Å². The summed E-state index contributed by atoms with van der Waals surface area (Å²) in [6, 6.07) is 63.9. The molecule has 9 aromatic carbocycles. The van der Waals surface area contributed by atoms with Crippen LogP contribution in [0.2, 0.25) is 0 Å². The quantitative estimate of drug-likeness (QED) is 0.163. The highest BCUT2D eigenvalue weighted by atomic mass is 79.9. The van der Waals surface area contributed by atoms with Crippen LogP contribution in [0.1, 0.15) is 0 Å². The summed E-state index contributed by atoms with van der Waals surface area (Å²) in [5.41, 5.74) is 9.37. The summed E-state index contributed by atoms with van der Waals surface area (Å²) in [6.45, 7) is 0. The first-order chi connectivity index (χ1) is 24.2. The van der Waals surface area contributed by atoms with Gasteiger partial charge in [-0.3, -0.25) is 0 Å². The molecule has 0 N–H and O–H groups in total. The van der Waals surface area contributed by atoms with Crippen molar-refractivity contribution < 1.29 is 0 Å². The maximum atomic E-state index is 3.80. The molecule has 0 amide bonds. The van der Waals surface area contributed by atoms with Gasteiger partial charge < -0.3 is 9.47 Å². The Labute approximate surface area is 292 Å². The van der Waals surface area contributed by atoms with Gasteiger partial charge in [0.25, 0.3) is 0 Å². The molecule has 49 heavy (non-hydrogen) atoms. The van der Waals surface area contributed by atoms with Gasteiger partial charge in [0.05, 0.1) is 11.0 Å².